The van der Waals surface area contributed by atoms with Gasteiger partial charge >= 0.3 is 5.97 Å². The molecule has 0 saturated heterocycles. The highest BCUT2D eigenvalue weighted by molar-refractivity contribution is 7.98. The minimum Gasteiger partial charge on any atom is -0.478 e. The number of aromatic carboxylic acids is 1. The summed E-state index contributed by atoms with van der Waals surface area (Å²) >= 11 is 0.728. The number of carboxylic acid groups (broad SMARTS) is 1. The lowest BCUT2D eigenvalue weighted by molar-refractivity contribution is 0.0697. The fraction of sp³-hybridized carbons (Fsp3) is 0.125. The van der Waals surface area contributed by atoms with Crippen LogP contribution >= 0.6 is 11.8 Å². The van der Waals surface area contributed by atoms with Gasteiger partial charge in [-0.25, -0.2) is 4.79 Å². The first-order chi connectivity index (χ1) is 6.38. The predicted octanol–water partition coefficient (Wildman–Crippen LogP) is 2.11. The normalized spacial score (nSPS) is 14.7. The number of benzene rings is 1. The van der Waals surface area contributed by atoms with Crippen molar-refractivity contribution >= 4 is 17.7 Å². The molecule has 0 aliphatic carbocycles. The van der Waals surface area contributed by atoms with Crippen molar-refractivity contribution in [2.75, 3.05) is 6.18 Å². The molecule has 0 unspecified atom stereocenters. The summed E-state index contributed by atoms with van der Waals surface area (Å²) in [5.74, 6) is -1.02. The molecule has 0 atom stereocenters. The average molecular weight is 171 g/mol. The molecule has 0 spiro atoms. The van der Waals surface area contributed by atoms with Crippen LogP contribution in [0.4, 0.5) is 0 Å². The van der Waals surface area contributed by atoms with Gasteiger partial charge in [-0.05, 0) is 30.4 Å². The maximum absolute atomic E-state index is 10.5. The number of thioether (sulfide) groups is 1. The monoisotopic (exact) mass is 171 g/mol. The summed E-state index contributed by atoms with van der Waals surface area (Å²) in [7, 11) is 0. The zero-order valence-electron chi connectivity index (χ0n) is 8.57. The van der Waals surface area contributed by atoms with Crippen molar-refractivity contribution < 1.29 is 14.0 Å². The maximum atomic E-state index is 10.5. The van der Waals surface area contributed by atoms with Crippen molar-refractivity contribution in [3.63, 3.8) is 0 Å². The van der Waals surface area contributed by atoms with Crippen LogP contribution in [0.1, 0.15) is 14.5 Å². The van der Waals surface area contributed by atoms with E-state index in [1.54, 1.807) is 0 Å². The van der Waals surface area contributed by atoms with Gasteiger partial charge in [-0.15, -0.1) is 11.8 Å². The highest BCUT2D eigenvalue weighted by Gasteiger charge is 1.99. The third kappa shape index (κ3) is 1.98. The van der Waals surface area contributed by atoms with E-state index in [1.165, 1.54) is 24.3 Å². The standard InChI is InChI=1S/C8H8O2S/c1-11-7-4-2-6(3-5-7)8(9)10/h2-5H,1H3,(H,9,10)/i1D3. The van der Waals surface area contributed by atoms with Gasteiger partial charge < -0.3 is 5.11 Å². The Morgan fingerprint density at radius 1 is 1.55 bits per heavy atom. The van der Waals surface area contributed by atoms with Gasteiger partial charge in [0.25, 0.3) is 0 Å². The molecule has 1 aromatic rings. The molecule has 1 aromatic carbocycles. The first-order valence-corrected chi connectivity index (χ1v) is 3.72. The summed E-state index contributed by atoms with van der Waals surface area (Å²) in [6.45, 7) is 0. The van der Waals surface area contributed by atoms with E-state index >= 15 is 0 Å². The molecule has 11 heavy (non-hydrogen) atoms. The second-order valence-corrected chi connectivity index (χ2v) is 2.61. The highest BCUT2D eigenvalue weighted by Crippen LogP contribution is 2.14. The zero-order valence-corrected chi connectivity index (χ0v) is 6.39. The third-order valence-electron chi connectivity index (χ3n) is 1.22. The molecule has 2 nitrogen and oxygen atoms in total. The van der Waals surface area contributed by atoms with Gasteiger partial charge in [-0.2, -0.15) is 0 Å². The Morgan fingerprint density at radius 3 is 2.64 bits per heavy atom. The topological polar surface area (TPSA) is 37.3 Å². The van der Waals surface area contributed by atoms with E-state index in [1.807, 2.05) is 0 Å². The van der Waals surface area contributed by atoms with Crippen LogP contribution in [0, 0.1) is 0 Å². The first kappa shape index (κ1) is 4.83. The van der Waals surface area contributed by atoms with Gasteiger partial charge in [0.2, 0.25) is 0 Å². The van der Waals surface area contributed by atoms with Crippen LogP contribution < -0.4 is 0 Å². The molecule has 0 heterocycles. The van der Waals surface area contributed by atoms with Crippen molar-refractivity contribution in [1.29, 1.82) is 0 Å². The Labute approximate surface area is 73.5 Å². The summed E-state index contributed by atoms with van der Waals surface area (Å²) < 4.78 is 21.0. The molecule has 0 aliphatic rings. The average Bonchev–Trinajstić information content (AvgIpc) is 2.02. The van der Waals surface area contributed by atoms with E-state index in [2.05, 4.69) is 0 Å². The van der Waals surface area contributed by atoms with Crippen molar-refractivity contribution in [3.8, 4) is 0 Å². The Balaban J connectivity index is 2.79. The fourth-order valence-electron chi connectivity index (χ4n) is 0.666. The van der Waals surface area contributed by atoms with Gasteiger partial charge in [0.05, 0.1) is 5.56 Å². The van der Waals surface area contributed by atoms with Gasteiger partial charge in [-0.3, -0.25) is 0 Å². The molecular weight excluding hydrogens is 160 g/mol. The van der Waals surface area contributed by atoms with E-state index in [9.17, 15) is 4.79 Å². The quantitative estimate of drug-likeness (QED) is 0.692. The summed E-state index contributed by atoms with van der Waals surface area (Å²) in [5.41, 5.74) is 0.153. The Hall–Kier alpha value is -0.960. The minimum atomic E-state index is -2.09. The number of hydrogen-bond acceptors (Lipinski definition) is 2. The molecule has 0 aliphatic heterocycles. The molecule has 0 saturated carbocycles. The Kier molecular flexibility index (Phi) is 1.51. The maximum Gasteiger partial charge on any atom is 0.335 e. The van der Waals surface area contributed by atoms with Crippen molar-refractivity contribution in [2.24, 2.45) is 0 Å². The van der Waals surface area contributed by atoms with E-state index in [0.29, 0.717) is 4.90 Å². The summed E-state index contributed by atoms with van der Waals surface area (Å²) in [6, 6.07) is 5.74. The molecule has 58 valence electrons. The summed E-state index contributed by atoms with van der Waals surface area (Å²) in [5, 5.41) is 8.59. The number of hydrogen-bond donors (Lipinski definition) is 1. The Bertz CT molecular complexity index is 331. The van der Waals surface area contributed by atoms with E-state index in [4.69, 9.17) is 9.22 Å². The van der Waals surface area contributed by atoms with Crippen molar-refractivity contribution in [2.45, 2.75) is 4.90 Å². The molecule has 1 rings (SSSR count). The van der Waals surface area contributed by atoms with E-state index in [0.717, 1.165) is 11.8 Å². The molecular formula is C8H8O2S. The summed E-state index contributed by atoms with van der Waals surface area (Å²) in [6.07, 6.45) is -2.09. The number of carbonyl (C=O) groups is 1. The van der Waals surface area contributed by atoms with Gasteiger partial charge in [0.15, 0.2) is 0 Å². The molecule has 1 N–H and O–H groups in total. The second-order valence-electron chi connectivity index (χ2n) is 1.93. The molecule has 0 aromatic heterocycles. The van der Waals surface area contributed by atoms with E-state index in [-0.39, 0.29) is 5.56 Å². The predicted molar refractivity (Wildman–Crippen MR) is 45.2 cm³/mol. The van der Waals surface area contributed by atoms with Crippen LogP contribution in [-0.2, 0) is 0 Å². The fourth-order valence-corrected chi connectivity index (χ4v) is 0.938. The Morgan fingerprint density at radius 2 is 2.18 bits per heavy atom. The third-order valence-corrected chi connectivity index (χ3v) is 1.73. The van der Waals surface area contributed by atoms with Crippen LogP contribution in [-0.4, -0.2) is 17.3 Å². The lowest BCUT2D eigenvalue weighted by Gasteiger charge is -1.95. The minimum absolute atomic E-state index is 0.153. The molecule has 0 bridgehead atoms. The largest absolute Gasteiger partial charge is 0.478 e. The summed E-state index contributed by atoms with van der Waals surface area (Å²) in [4.78, 5) is 11.0. The molecule has 0 radical (unpaired) electrons. The van der Waals surface area contributed by atoms with Crippen LogP contribution in [0.3, 0.4) is 0 Å². The van der Waals surface area contributed by atoms with Gasteiger partial charge in [-0.1, -0.05) is 0 Å². The van der Waals surface area contributed by atoms with Crippen LogP contribution in [0.2, 0.25) is 0 Å². The SMILES string of the molecule is [2H]C([2H])([2H])Sc1ccc(C(=O)O)cc1. The van der Waals surface area contributed by atoms with Crippen LogP contribution in [0.25, 0.3) is 0 Å². The molecule has 0 fully saturated rings. The van der Waals surface area contributed by atoms with Crippen LogP contribution in [0.5, 0.6) is 0 Å². The number of carboxylic acids is 1. The van der Waals surface area contributed by atoms with Crippen molar-refractivity contribution in [1.82, 2.24) is 0 Å². The highest BCUT2D eigenvalue weighted by atomic mass is 32.2. The lowest BCUT2D eigenvalue weighted by Crippen LogP contribution is -1.94. The second kappa shape index (κ2) is 3.44. The molecule has 0 amide bonds. The lowest BCUT2D eigenvalue weighted by atomic mass is 10.2. The van der Waals surface area contributed by atoms with Gasteiger partial charge in [0, 0.05) is 9.01 Å². The van der Waals surface area contributed by atoms with Crippen LogP contribution in [0.15, 0.2) is 29.2 Å². The first-order valence-electron chi connectivity index (χ1n) is 4.41. The van der Waals surface area contributed by atoms with E-state index < -0.39 is 12.2 Å². The molecule has 3 heteroatoms. The zero-order chi connectivity index (χ0) is 10.8. The van der Waals surface area contributed by atoms with Gasteiger partial charge in [0.1, 0.15) is 0 Å². The number of rotatable bonds is 2. The van der Waals surface area contributed by atoms with Crippen molar-refractivity contribution in [3.05, 3.63) is 29.8 Å². The smallest absolute Gasteiger partial charge is 0.335 e.